The second-order valence-electron chi connectivity index (χ2n) is 6.94. The molecule has 1 aromatic rings. The fraction of sp³-hybridized carbons (Fsp3) is 0.647. The minimum atomic E-state index is -2.92. The van der Waals surface area contributed by atoms with Gasteiger partial charge < -0.3 is 10.2 Å². The Morgan fingerprint density at radius 3 is 2.71 bits per heavy atom. The van der Waals surface area contributed by atoms with Crippen LogP contribution in [0.15, 0.2) is 18.5 Å². The topological polar surface area (TPSA) is 79.4 Å². The Bertz CT molecular complexity index is 685. The highest BCUT2D eigenvalue weighted by Gasteiger charge is 2.29. The lowest BCUT2D eigenvalue weighted by Gasteiger charge is -2.31. The van der Waals surface area contributed by atoms with Gasteiger partial charge in [0.25, 0.3) is 5.91 Å². The Hall–Kier alpha value is -1.47. The number of rotatable bonds is 4. The quantitative estimate of drug-likeness (QED) is 0.871. The zero-order chi connectivity index (χ0) is 17.2. The summed E-state index contributed by atoms with van der Waals surface area (Å²) in [6.45, 7) is 2.08. The zero-order valence-corrected chi connectivity index (χ0v) is 14.9. The van der Waals surface area contributed by atoms with E-state index in [-0.39, 0.29) is 23.5 Å². The number of carbonyl (C=O) groups is 1. The third-order valence-corrected chi connectivity index (χ3v) is 6.84. The molecule has 3 rings (SSSR count). The molecule has 0 saturated carbocycles. The first kappa shape index (κ1) is 17.4. The van der Waals surface area contributed by atoms with Gasteiger partial charge in [0.2, 0.25) is 0 Å². The van der Waals surface area contributed by atoms with Crippen molar-refractivity contribution >= 4 is 15.7 Å². The van der Waals surface area contributed by atoms with Crippen LogP contribution in [0.4, 0.5) is 0 Å². The maximum atomic E-state index is 12.7. The van der Waals surface area contributed by atoms with Crippen LogP contribution < -0.4 is 5.32 Å². The van der Waals surface area contributed by atoms with Gasteiger partial charge in [-0.05, 0) is 56.3 Å². The standard InChI is InChI=1S/C17H25N3O3S/c1-20(16-3-6-24(22,23)7-4-16)17(21)15-9-14(11-19-12-15)8-13-2-5-18-10-13/h9,11-13,16,18H,2-8,10H2,1H3. The summed E-state index contributed by atoms with van der Waals surface area (Å²) in [6.07, 6.45) is 6.58. The first-order valence-corrected chi connectivity index (χ1v) is 10.4. The SMILES string of the molecule is CN(C(=O)c1cncc(CC2CCNC2)c1)C1CCS(=O)(=O)CC1. The molecular formula is C17H25N3O3S. The van der Waals surface area contributed by atoms with Gasteiger partial charge >= 0.3 is 0 Å². The molecule has 2 fully saturated rings. The van der Waals surface area contributed by atoms with Crippen LogP contribution in [0.3, 0.4) is 0 Å². The fourth-order valence-corrected chi connectivity index (χ4v) is 5.04. The third kappa shape index (κ3) is 4.13. The molecule has 24 heavy (non-hydrogen) atoms. The van der Waals surface area contributed by atoms with E-state index in [1.165, 1.54) is 0 Å². The molecule has 0 aromatic carbocycles. The van der Waals surface area contributed by atoms with Gasteiger partial charge in [-0.15, -0.1) is 0 Å². The van der Waals surface area contributed by atoms with Gasteiger partial charge in [0.1, 0.15) is 9.84 Å². The van der Waals surface area contributed by atoms with Gasteiger partial charge in [-0.1, -0.05) is 0 Å². The molecule has 2 saturated heterocycles. The zero-order valence-electron chi connectivity index (χ0n) is 14.1. The summed E-state index contributed by atoms with van der Waals surface area (Å²) in [5, 5.41) is 3.35. The molecule has 1 aromatic heterocycles. The number of nitrogens with one attached hydrogen (secondary N) is 1. The second kappa shape index (κ2) is 7.19. The van der Waals surface area contributed by atoms with E-state index in [0.29, 0.717) is 24.3 Å². The Morgan fingerprint density at radius 1 is 1.29 bits per heavy atom. The van der Waals surface area contributed by atoms with Crippen LogP contribution in [-0.4, -0.2) is 61.9 Å². The average Bonchev–Trinajstić information content (AvgIpc) is 3.07. The van der Waals surface area contributed by atoms with Gasteiger partial charge in [-0.2, -0.15) is 0 Å². The van der Waals surface area contributed by atoms with Crippen molar-refractivity contribution in [3.8, 4) is 0 Å². The van der Waals surface area contributed by atoms with Crippen molar-refractivity contribution in [1.82, 2.24) is 15.2 Å². The first-order valence-electron chi connectivity index (χ1n) is 8.57. The van der Waals surface area contributed by atoms with Crippen LogP contribution in [0.5, 0.6) is 0 Å². The molecule has 1 unspecified atom stereocenters. The molecule has 0 aliphatic carbocycles. The largest absolute Gasteiger partial charge is 0.339 e. The Labute approximate surface area is 143 Å². The molecule has 2 aliphatic rings. The Kier molecular flexibility index (Phi) is 5.20. The van der Waals surface area contributed by atoms with E-state index in [0.717, 1.165) is 31.5 Å². The minimum Gasteiger partial charge on any atom is -0.339 e. The highest BCUT2D eigenvalue weighted by molar-refractivity contribution is 7.91. The van der Waals surface area contributed by atoms with Crippen molar-refractivity contribution in [3.63, 3.8) is 0 Å². The number of hydrogen-bond donors (Lipinski definition) is 1. The number of hydrogen-bond acceptors (Lipinski definition) is 5. The molecular weight excluding hydrogens is 326 g/mol. The van der Waals surface area contributed by atoms with Crippen LogP contribution in [0, 0.1) is 5.92 Å². The summed E-state index contributed by atoms with van der Waals surface area (Å²) in [5.74, 6) is 0.876. The fourth-order valence-electron chi connectivity index (χ4n) is 3.57. The number of nitrogens with zero attached hydrogens (tertiary/aromatic N) is 2. The van der Waals surface area contributed by atoms with Crippen molar-refractivity contribution in [2.75, 3.05) is 31.6 Å². The van der Waals surface area contributed by atoms with Crippen LogP contribution >= 0.6 is 0 Å². The van der Waals surface area contributed by atoms with Crippen LogP contribution in [0.2, 0.25) is 0 Å². The van der Waals surface area contributed by atoms with Crippen LogP contribution in [0.1, 0.15) is 35.2 Å². The molecule has 6 nitrogen and oxygen atoms in total. The van der Waals surface area contributed by atoms with Gasteiger partial charge in [-0.3, -0.25) is 9.78 Å². The lowest BCUT2D eigenvalue weighted by Crippen LogP contribution is -2.42. The molecule has 1 atom stereocenters. The molecule has 0 spiro atoms. The Balaban J connectivity index is 1.65. The predicted molar refractivity (Wildman–Crippen MR) is 92.7 cm³/mol. The summed E-state index contributed by atoms with van der Waals surface area (Å²) in [4.78, 5) is 18.6. The molecule has 1 amide bonds. The summed E-state index contributed by atoms with van der Waals surface area (Å²) in [7, 11) is -1.15. The summed E-state index contributed by atoms with van der Waals surface area (Å²) < 4.78 is 23.1. The van der Waals surface area contributed by atoms with Crippen molar-refractivity contribution in [3.05, 3.63) is 29.6 Å². The third-order valence-electron chi connectivity index (χ3n) is 5.12. The van der Waals surface area contributed by atoms with Crippen molar-refractivity contribution < 1.29 is 13.2 Å². The van der Waals surface area contributed by atoms with E-state index in [1.807, 2.05) is 12.3 Å². The van der Waals surface area contributed by atoms with E-state index < -0.39 is 9.84 Å². The normalized spacial score (nSPS) is 24.0. The van der Waals surface area contributed by atoms with Gasteiger partial charge in [0, 0.05) is 25.5 Å². The van der Waals surface area contributed by atoms with E-state index in [2.05, 4.69) is 10.3 Å². The first-order chi connectivity index (χ1) is 11.4. The number of aromatic nitrogens is 1. The van der Waals surface area contributed by atoms with Gasteiger partial charge in [-0.25, -0.2) is 8.42 Å². The Morgan fingerprint density at radius 2 is 2.04 bits per heavy atom. The minimum absolute atomic E-state index is 0.0105. The number of carbonyl (C=O) groups excluding carboxylic acids is 1. The average molecular weight is 351 g/mol. The summed E-state index contributed by atoms with van der Waals surface area (Å²) in [5.41, 5.74) is 1.68. The highest BCUT2D eigenvalue weighted by Crippen LogP contribution is 2.20. The number of amides is 1. The van der Waals surface area contributed by atoms with Crippen molar-refractivity contribution in [2.45, 2.75) is 31.7 Å². The van der Waals surface area contributed by atoms with Crippen molar-refractivity contribution in [2.24, 2.45) is 5.92 Å². The van der Waals surface area contributed by atoms with E-state index in [9.17, 15) is 13.2 Å². The second-order valence-corrected chi connectivity index (χ2v) is 9.25. The maximum Gasteiger partial charge on any atom is 0.255 e. The maximum absolute atomic E-state index is 12.7. The summed E-state index contributed by atoms with van der Waals surface area (Å²) >= 11 is 0. The number of sulfone groups is 1. The highest BCUT2D eigenvalue weighted by atomic mass is 32.2. The molecule has 0 bridgehead atoms. The molecule has 3 heterocycles. The van der Waals surface area contributed by atoms with E-state index in [4.69, 9.17) is 0 Å². The molecule has 7 heteroatoms. The lowest BCUT2D eigenvalue weighted by molar-refractivity contribution is 0.0721. The molecule has 2 aliphatic heterocycles. The van der Waals surface area contributed by atoms with Gasteiger partial charge in [0.15, 0.2) is 0 Å². The number of pyridine rings is 1. The lowest BCUT2D eigenvalue weighted by atomic mass is 9.99. The summed E-state index contributed by atoms with van der Waals surface area (Å²) in [6, 6.07) is 1.92. The van der Waals surface area contributed by atoms with E-state index in [1.54, 1.807) is 18.1 Å². The van der Waals surface area contributed by atoms with Gasteiger partial charge in [0.05, 0.1) is 17.1 Å². The molecule has 132 valence electrons. The predicted octanol–water partition coefficient (Wildman–Crippen LogP) is 0.883. The van der Waals surface area contributed by atoms with Crippen LogP contribution in [-0.2, 0) is 16.3 Å². The smallest absolute Gasteiger partial charge is 0.255 e. The van der Waals surface area contributed by atoms with Crippen LogP contribution in [0.25, 0.3) is 0 Å². The molecule has 1 N–H and O–H groups in total. The monoisotopic (exact) mass is 351 g/mol. The van der Waals surface area contributed by atoms with E-state index >= 15 is 0 Å². The molecule has 0 radical (unpaired) electrons. The van der Waals surface area contributed by atoms with Crippen molar-refractivity contribution in [1.29, 1.82) is 0 Å².